The van der Waals surface area contributed by atoms with Gasteiger partial charge in [-0.15, -0.1) is 0 Å². The maximum absolute atomic E-state index is 13.0. The van der Waals surface area contributed by atoms with Crippen LogP contribution < -0.4 is 9.47 Å². The summed E-state index contributed by atoms with van der Waals surface area (Å²) >= 11 is 0. The molecule has 4 heterocycles. The van der Waals surface area contributed by atoms with Gasteiger partial charge >= 0.3 is 5.97 Å². The number of benzene rings is 2. The molecular formula is C28H18O7. The summed E-state index contributed by atoms with van der Waals surface area (Å²) in [5.41, 5.74) is 2.38. The second-order valence-corrected chi connectivity index (χ2v) is 8.38. The van der Waals surface area contributed by atoms with Crippen molar-refractivity contribution < 1.29 is 32.7 Å². The van der Waals surface area contributed by atoms with Gasteiger partial charge in [-0.1, -0.05) is 24.3 Å². The lowest BCUT2D eigenvalue weighted by Gasteiger charge is -2.24. The van der Waals surface area contributed by atoms with Crippen molar-refractivity contribution in [3.63, 3.8) is 0 Å². The largest absolute Gasteiger partial charge is 0.465 e. The van der Waals surface area contributed by atoms with Crippen molar-refractivity contribution in [2.75, 3.05) is 0 Å². The molecule has 35 heavy (non-hydrogen) atoms. The summed E-state index contributed by atoms with van der Waals surface area (Å²) in [6, 6.07) is 17.4. The van der Waals surface area contributed by atoms with E-state index in [-0.39, 0.29) is 23.7 Å². The Morgan fingerprint density at radius 3 is 2.54 bits per heavy atom. The number of Topliss-reactive ketones (excluding diaryl/α,β-unsaturated/α-hetero) is 2. The van der Waals surface area contributed by atoms with Crippen molar-refractivity contribution in [2.45, 2.75) is 19.3 Å². The molecule has 0 amide bonds. The molecule has 2 aromatic heterocycles. The maximum Gasteiger partial charge on any atom is 0.312 e. The Kier molecular flexibility index (Phi) is 4.77. The first-order chi connectivity index (χ1) is 17.0. The fourth-order valence-corrected chi connectivity index (χ4v) is 4.42. The van der Waals surface area contributed by atoms with Gasteiger partial charge in [-0.25, -0.2) is 0 Å². The van der Waals surface area contributed by atoms with Crippen LogP contribution in [0.5, 0.6) is 11.5 Å². The van der Waals surface area contributed by atoms with Crippen LogP contribution in [0.15, 0.2) is 81.5 Å². The predicted molar refractivity (Wildman–Crippen MR) is 124 cm³/mol. The minimum Gasteiger partial charge on any atom is -0.465 e. The number of carbonyl (C=O) groups excluding carboxylic acids is 3. The first-order valence-corrected chi connectivity index (χ1v) is 11.0. The van der Waals surface area contributed by atoms with E-state index in [2.05, 4.69) is 0 Å². The zero-order valence-corrected chi connectivity index (χ0v) is 18.6. The second kappa shape index (κ2) is 7.99. The Hall–Kier alpha value is -4.65. The van der Waals surface area contributed by atoms with Gasteiger partial charge in [0.1, 0.15) is 28.8 Å². The van der Waals surface area contributed by atoms with Gasteiger partial charge in [-0.2, -0.15) is 0 Å². The first kappa shape index (κ1) is 20.9. The summed E-state index contributed by atoms with van der Waals surface area (Å²) in [4.78, 5) is 37.0. The lowest BCUT2D eigenvalue weighted by molar-refractivity contribution is -0.135. The van der Waals surface area contributed by atoms with Crippen molar-refractivity contribution in [3.8, 4) is 22.8 Å². The Labute approximate surface area is 199 Å². The van der Waals surface area contributed by atoms with Crippen LogP contribution in [0.25, 0.3) is 17.4 Å². The van der Waals surface area contributed by atoms with Crippen molar-refractivity contribution in [1.82, 2.24) is 0 Å². The molecule has 7 nitrogen and oxygen atoms in total. The van der Waals surface area contributed by atoms with E-state index in [1.54, 1.807) is 42.5 Å². The molecule has 0 saturated carbocycles. The molecule has 2 aliphatic rings. The van der Waals surface area contributed by atoms with E-state index < -0.39 is 11.9 Å². The van der Waals surface area contributed by atoms with Gasteiger partial charge < -0.3 is 18.3 Å². The maximum atomic E-state index is 13.0. The fourth-order valence-electron chi connectivity index (χ4n) is 4.42. The molecule has 7 heteroatoms. The van der Waals surface area contributed by atoms with Gasteiger partial charge in [0.05, 0.1) is 24.2 Å². The van der Waals surface area contributed by atoms with E-state index in [1.807, 2.05) is 18.2 Å². The number of fused-ring (bicyclic) bond motifs is 3. The van der Waals surface area contributed by atoms with Crippen molar-refractivity contribution in [3.05, 3.63) is 101 Å². The molecular weight excluding hydrogens is 448 g/mol. The first-order valence-electron chi connectivity index (χ1n) is 11.0. The number of furan rings is 2. The number of rotatable bonds is 4. The zero-order chi connectivity index (χ0) is 24.1. The number of allylic oxidation sites excluding steroid dienone is 1. The molecule has 0 radical (unpaired) electrons. The average molecular weight is 466 g/mol. The Balaban J connectivity index is 1.39. The number of ether oxygens (including phenoxy) is 2. The number of carbonyl (C=O) groups is 3. The highest BCUT2D eigenvalue weighted by atomic mass is 16.5. The van der Waals surface area contributed by atoms with Crippen molar-refractivity contribution in [1.29, 1.82) is 0 Å². The van der Waals surface area contributed by atoms with E-state index in [0.29, 0.717) is 45.5 Å². The van der Waals surface area contributed by atoms with Gasteiger partial charge in [-0.05, 0) is 43.3 Å². The van der Waals surface area contributed by atoms with E-state index in [1.165, 1.54) is 19.3 Å². The van der Waals surface area contributed by atoms with E-state index in [9.17, 15) is 14.4 Å². The average Bonchev–Trinajstić information content (AvgIpc) is 3.60. The third-order valence-corrected chi connectivity index (χ3v) is 6.14. The second-order valence-electron chi connectivity index (χ2n) is 8.38. The minimum absolute atomic E-state index is 0.0159. The molecule has 0 bridgehead atoms. The molecule has 172 valence electrons. The molecule has 2 aromatic carbocycles. The van der Waals surface area contributed by atoms with Crippen LogP contribution in [0.2, 0.25) is 0 Å². The van der Waals surface area contributed by atoms with Crippen LogP contribution >= 0.6 is 0 Å². The number of ketones is 2. The Morgan fingerprint density at radius 2 is 1.80 bits per heavy atom. The van der Waals surface area contributed by atoms with Crippen molar-refractivity contribution >= 4 is 23.6 Å². The molecule has 0 N–H and O–H groups in total. The smallest absolute Gasteiger partial charge is 0.312 e. The van der Waals surface area contributed by atoms with Gasteiger partial charge in [0.15, 0.2) is 11.5 Å². The van der Waals surface area contributed by atoms with E-state index in [4.69, 9.17) is 18.3 Å². The highest BCUT2D eigenvalue weighted by molar-refractivity contribution is 6.15. The molecule has 2 aliphatic heterocycles. The van der Waals surface area contributed by atoms with Crippen LogP contribution in [0, 0.1) is 0 Å². The molecule has 1 unspecified atom stereocenters. The van der Waals surface area contributed by atoms with Crippen LogP contribution in [0.3, 0.4) is 0 Å². The van der Waals surface area contributed by atoms with Crippen LogP contribution in [-0.2, 0) is 4.79 Å². The molecule has 4 aromatic rings. The number of hydrogen-bond donors (Lipinski definition) is 0. The summed E-state index contributed by atoms with van der Waals surface area (Å²) in [6.45, 7) is 1.51. The van der Waals surface area contributed by atoms with Crippen LogP contribution in [0.4, 0.5) is 0 Å². The SMILES string of the molecule is CC(=O)c1ccc(-c2ccc(C3CC(=O)Oc4ccc5c(c43)O/C(=C\c3ccco3)C5=O)o2)cc1. The Bertz CT molecular complexity index is 1520. The minimum atomic E-state index is -0.498. The third-order valence-electron chi connectivity index (χ3n) is 6.14. The highest BCUT2D eigenvalue weighted by Gasteiger charge is 2.39. The monoisotopic (exact) mass is 466 g/mol. The van der Waals surface area contributed by atoms with E-state index >= 15 is 0 Å². The quantitative estimate of drug-likeness (QED) is 0.162. The van der Waals surface area contributed by atoms with Gasteiger partial charge in [0, 0.05) is 22.8 Å². The number of hydrogen-bond acceptors (Lipinski definition) is 7. The lowest BCUT2D eigenvalue weighted by Crippen LogP contribution is -2.21. The summed E-state index contributed by atoms with van der Waals surface area (Å²) < 4.78 is 22.9. The highest BCUT2D eigenvalue weighted by Crippen LogP contribution is 2.49. The Morgan fingerprint density at radius 1 is 0.971 bits per heavy atom. The zero-order valence-electron chi connectivity index (χ0n) is 18.6. The number of esters is 1. The summed E-state index contributed by atoms with van der Waals surface area (Å²) in [5.74, 6) is 1.25. The van der Waals surface area contributed by atoms with Gasteiger partial charge in [0.25, 0.3) is 0 Å². The molecule has 6 rings (SSSR count). The standard InChI is InChI=1S/C28H18O7/c1-15(29)16-4-6-17(7-5-16)21-10-11-22(33-21)20-14-25(30)34-23-9-8-19-27(31)24(35-28(19)26(20)23)13-18-3-2-12-32-18/h2-13,20H,14H2,1H3/b24-13-. The summed E-state index contributed by atoms with van der Waals surface area (Å²) in [6.07, 6.45) is 3.08. The van der Waals surface area contributed by atoms with Gasteiger partial charge in [0.2, 0.25) is 5.78 Å². The summed E-state index contributed by atoms with van der Waals surface area (Å²) in [5, 5.41) is 0. The summed E-state index contributed by atoms with van der Waals surface area (Å²) in [7, 11) is 0. The molecule has 0 fully saturated rings. The van der Waals surface area contributed by atoms with Gasteiger partial charge in [-0.3, -0.25) is 14.4 Å². The topological polar surface area (TPSA) is 96.0 Å². The molecule has 1 atom stereocenters. The van der Waals surface area contributed by atoms with Crippen LogP contribution in [-0.4, -0.2) is 17.5 Å². The predicted octanol–water partition coefficient (Wildman–Crippen LogP) is 5.80. The van der Waals surface area contributed by atoms with Crippen LogP contribution in [0.1, 0.15) is 57.1 Å². The molecule has 0 spiro atoms. The molecule has 0 saturated heterocycles. The normalized spacial score (nSPS) is 17.6. The molecule has 0 aliphatic carbocycles. The van der Waals surface area contributed by atoms with Crippen molar-refractivity contribution in [2.24, 2.45) is 0 Å². The fraction of sp³-hybridized carbons (Fsp3) is 0.107. The lowest BCUT2D eigenvalue weighted by atomic mass is 9.88. The third kappa shape index (κ3) is 3.58. The van der Waals surface area contributed by atoms with E-state index in [0.717, 1.165) is 5.56 Å².